The van der Waals surface area contributed by atoms with Crippen molar-refractivity contribution < 1.29 is 4.79 Å². The molecule has 1 amide bonds. The molecular weight excluding hydrogens is 244 g/mol. The molecule has 0 radical (unpaired) electrons. The summed E-state index contributed by atoms with van der Waals surface area (Å²) in [5.41, 5.74) is 0.0762. The second kappa shape index (κ2) is 6.80. The minimum atomic E-state index is 0.0762. The first-order valence-corrected chi connectivity index (χ1v) is 8.43. The van der Waals surface area contributed by atoms with Crippen LogP contribution in [0.4, 0.5) is 0 Å². The Balaban J connectivity index is 1.74. The number of amides is 1. The Morgan fingerprint density at radius 3 is 2.72 bits per heavy atom. The minimum absolute atomic E-state index is 0.0762. The highest BCUT2D eigenvalue weighted by Crippen LogP contribution is 2.30. The van der Waals surface area contributed by atoms with Crippen LogP contribution in [-0.2, 0) is 4.79 Å². The number of nitrogens with one attached hydrogen (secondary N) is 2. The predicted molar refractivity (Wildman–Crippen MR) is 77.9 cm³/mol. The average Bonchev–Trinajstić information content (AvgIpc) is 2.91. The monoisotopic (exact) mass is 270 g/mol. The summed E-state index contributed by atoms with van der Waals surface area (Å²) in [5.74, 6) is 3.43. The molecular formula is C14H26N2OS. The van der Waals surface area contributed by atoms with E-state index in [0.29, 0.717) is 12.3 Å². The maximum atomic E-state index is 12.1. The van der Waals surface area contributed by atoms with Gasteiger partial charge in [0.1, 0.15) is 0 Å². The highest BCUT2D eigenvalue weighted by molar-refractivity contribution is 7.99. The van der Waals surface area contributed by atoms with E-state index in [1.807, 2.05) is 18.8 Å². The molecule has 1 heterocycles. The molecule has 3 nitrogen and oxygen atoms in total. The summed E-state index contributed by atoms with van der Waals surface area (Å²) in [6, 6.07) is 0. The van der Waals surface area contributed by atoms with E-state index >= 15 is 0 Å². The molecule has 1 atom stereocenters. The lowest BCUT2D eigenvalue weighted by Gasteiger charge is -2.36. The lowest BCUT2D eigenvalue weighted by Crippen LogP contribution is -2.48. The van der Waals surface area contributed by atoms with Crippen LogP contribution in [0.15, 0.2) is 0 Å². The minimum Gasteiger partial charge on any atom is -0.356 e. The Morgan fingerprint density at radius 2 is 2.11 bits per heavy atom. The zero-order chi connectivity index (χ0) is 12.8. The molecule has 0 aromatic carbocycles. The molecule has 1 saturated heterocycles. The normalized spacial score (nSPS) is 27.1. The van der Waals surface area contributed by atoms with Crippen molar-refractivity contribution >= 4 is 17.7 Å². The quantitative estimate of drug-likeness (QED) is 0.804. The molecule has 18 heavy (non-hydrogen) atoms. The predicted octanol–water partition coefficient (Wildman–Crippen LogP) is 2.17. The molecule has 4 heteroatoms. The van der Waals surface area contributed by atoms with Crippen LogP contribution in [0.25, 0.3) is 0 Å². The summed E-state index contributed by atoms with van der Waals surface area (Å²) in [6.07, 6.45) is 8.06. The summed E-state index contributed by atoms with van der Waals surface area (Å²) in [5, 5.41) is 6.55. The van der Waals surface area contributed by atoms with Crippen molar-refractivity contribution in [2.75, 3.05) is 25.1 Å². The summed E-state index contributed by atoms with van der Waals surface area (Å²) in [6.45, 7) is 0.881. The Morgan fingerprint density at radius 1 is 1.33 bits per heavy atom. The van der Waals surface area contributed by atoms with Crippen LogP contribution < -0.4 is 10.6 Å². The Kier molecular flexibility index (Phi) is 5.37. The highest BCUT2D eigenvalue weighted by Gasteiger charge is 2.32. The summed E-state index contributed by atoms with van der Waals surface area (Å²) in [4.78, 5) is 12.1. The van der Waals surface area contributed by atoms with Crippen LogP contribution in [0.3, 0.4) is 0 Å². The van der Waals surface area contributed by atoms with Crippen molar-refractivity contribution in [2.45, 2.75) is 50.5 Å². The third-order valence-electron chi connectivity index (χ3n) is 4.45. The van der Waals surface area contributed by atoms with Gasteiger partial charge >= 0.3 is 0 Å². The molecule has 0 aromatic rings. The fraction of sp³-hybridized carbons (Fsp3) is 0.929. The van der Waals surface area contributed by atoms with Gasteiger partial charge < -0.3 is 10.6 Å². The molecule has 2 rings (SSSR count). The van der Waals surface area contributed by atoms with Crippen LogP contribution in [-0.4, -0.2) is 36.5 Å². The summed E-state index contributed by atoms with van der Waals surface area (Å²) in [7, 11) is 2.01. The second-order valence-corrected chi connectivity index (χ2v) is 6.95. The number of carbonyl (C=O) groups is 1. The van der Waals surface area contributed by atoms with Crippen molar-refractivity contribution in [2.24, 2.45) is 5.92 Å². The van der Waals surface area contributed by atoms with E-state index in [1.165, 1.54) is 37.2 Å². The van der Waals surface area contributed by atoms with E-state index in [0.717, 1.165) is 19.4 Å². The van der Waals surface area contributed by atoms with Crippen LogP contribution in [0, 0.1) is 5.92 Å². The van der Waals surface area contributed by atoms with Gasteiger partial charge in [-0.25, -0.2) is 0 Å². The number of hydrogen-bond donors (Lipinski definition) is 2. The van der Waals surface area contributed by atoms with Crippen LogP contribution in [0.5, 0.6) is 0 Å². The van der Waals surface area contributed by atoms with Gasteiger partial charge in [0.25, 0.3) is 0 Å². The van der Waals surface area contributed by atoms with Gasteiger partial charge in [0, 0.05) is 18.5 Å². The molecule has 0 bridgehead atoms. The topological polar surface area (TPSA) is 41.1 Å². The van der Waals surface area contributed by atoms with Crippen molar-refractivity contribution in [3.05, 3.63) is 0 Å². The highest BCUT2D eigenvalue weighted by atomic mass is 32.2. The van der Waals surface area contributed by atoms with Gasteiger partial charge in [-0.15, -0.1) is 0 Å². The second-order valence-electron chi connectivity index (χ2n) is 5.80. The smallest absolute Gasteiger partial charge is 0.221 e. The third kappa shape index (κ3) is 3.89. The fourth-order valence-electron chi connectivity index (χ4n) is 3.12. The van der Waals surface area contributed by atoms with E-state index < -0.39 is 0 Å². The molecule has 0 spiro atoms. The van der Waals surface area contributed by atoms with Gasteiger partial charge in [-0.05, 0) is 43.7 Å². The third-order valence-corrected chi connectivity index (χ3v) is 5.68. The standard InChI is InChI=1S/C14H26N2OS/c1-15-14(6-3-2-4-7-14)9-13(17)16-10-12-5-8-18-11-12/h12,15H,2-11H2,1H3,(H,16,17). The summed E-state index contributed by atoms with van der Waals surface area (Å²) < 4.78 is 0. The van der Waals surface area contributed by atoms with Gasteiger partial charge in [0.05, 0.1) is 0 Å². The Bertz CT molecular complexity index is 271. The Hall–Kier alpha value is -0.220. The number of hydrogen-bond acceptors (Lipinski definition) is 3. The molecule has 1 unspecified atom stereocenters. The lowest BCUT2D eigenvalue weighted by atomic mass is 9.79. The molecule has 1 aliphatic carbocycles. The van der Waals surface area contributed by atoms with E-state index in [2.05, 4.69) is 10.6 Å². The van der Waals surface area contributed by atoms with Gasteiger partial charge in [-0.1, -0.05) is 19.3 Å². The van der Waals surface area contributed by atoms with Crippen LogP contribution in [0.2, 0.25) is 0 Å². The average molecular weight is 270 g/mol. The molecule has 1 saturated carbocycles. The zero-order valence-corrected chi connectivity index (χ0v) is 12.3. The van der Waals surface area contributed by atoms with Gasteiger partial charge in [0.2, 0.25) is 5.91 Å². The molecule has 2 N–H and O–H groups in total. The van der Waals surface area contributed by atoms with Gasteiger partial charge in [-0.2, -0.15) is 11.8 Å². The van der Waals surface area contributed by atoms with Gasteiger partial charge in [-0.3, -0.25) is 4.79 Å². The van der Waals surface area contributed by atoms with E-state index in [-0.39, 0.29) is 11.4 Å². The Labute approximate surface area is 115 Å². The van der Waals surface area contributed by atoms with Gasteiger partial charge in [0.15, 0.2) is 0 Å². The van der Waals surface area contributed by atoms with Crippen LogP contribution in [0.1, 0.15) is 44.9 Å². The largest absolute Gasteiger partial charge is 0.356 e. The van der Waals surface area contributed by atoms with E-state index in [4.69, 9.17) is 0 Å². The van der Waals surface area contributed by atoms with E-state index in [1.54, 1.807) is 0 Å². The number of rotatable bonds is 5. The van der Waals surface area contributed by atoms with Crippen molar-refractivity contribution in [3.8, 4) is 0 Å². The zero-order valence-electron chi connectivity index (χ0n) is 11.5. The lowest BCUT2D eigenvalue weighted by molar-refractivity contribution is -0.123. The first kappa shape index (κ1) is 14.2. The SMILES string of the molecule is CNC1(CC(=O)NCC2CCSC2)CCCCC1. The fourth-order valence-corrected chi connectivity index (χ4v) is 4.40. The number of carbonyl (C=O) groups excluding carboxylic acids is 1. The maximum Gasteiger partial charge on any atom is 0.221 e. The molecule has 104 valence electrons. The van der Waals surface area contributed by atoms with Crippen molar-refractivity contribution in [3.63, 3.8) is 0 Å². The maximum absolute atomic E-state index is 12.1. The van der Waals surface area contributed by atoms with Crippen molar-refractivity contribution in [1.29, 1.82) is 0 Å². The first-order valence-electron chi connectivity index (χ1n) is 7.27. The van der Waals surface area contributed by atoms with Crippen molar-refractivity contribution in [1.82, 2.24) is 10.6 Å². The number of thioether (sulfide) groups is 1. The molecule has 0 aromatic heterocycles. The molecule has 2 fully saturated rings. The first-order chi connectivity index (χ1) is 8.74. The molecule has 2 aliphatic rings. The van der Waals surface area contributed by atoms with E-state index in [9.17, 15) is 4.79 Å². The van der Waals surface area contributed by atoms with Crippen LogP contribution >= 0.6 is 11.8 Å². The molecule has 1 aliphatic heterocycles. The summed E-state index contributed by atoms with van der Waals surface area (Å²) >= 11 is 2.01.